The summed E-state index contributed by atoms with van der Waals surface area (Å²) in [7, 11) is 0. The van der Waals surface area contributed by atoms with E-state index in [4.69, 9.17) is 5.73 Å². The molecule has 0 saturated carbocycles. The smallest absolute Gasteiger partial charge is 0.323 e. The second kappa shape index (κ2) is 3.40. The Kier molecular flexibility index (Phi) is 2.69. The molecular formula is C6H7F3N2S. The molecule has 2 nitrogen and oxygen atoms in total. The predicted octanol–water partition coefficient (Wildman–Crippen LogP) is 2.10. The van der Waals surface area contributed by atoms with Crippen molar-refractivity contribution in [2.45, 2.75) is 18.6 Å². The van der Waals surface area contributed by atoms with Crippen molar-refractivity contribution in [1.82, 2.24) is 4.98 Å². The summed E-state index contributed by atoms with van der Waals surface area (Å²) < 4.78 is 35.4. The van der Waals surface area contributed by atoms with Crippen molar-refractivity contribution in [1.29, 1.82) is 0 Å². The predicted molar refractivity (Wildman–Crippen MR) is 39.7 cm³/mol. The van der Waals surface area contributed by atoms with Crippen molar-refractivity contribution in [2.75, 3.05) is 0 Å². The zero-order chi connectivity index (χ0) is 9.19. The van der Waals surface area contributed by atoms with E-state index in [-0.39, 0.29) is 0 Å². The van der Waals surface area contributed by atoms with Crippen molar-refractivity contribution in [2.24, 2.45) is 5.73 Å². The number of alkyl halides is 3. The number of hydrogen-bond acceptors (Lipinski definition) is 3. The Morgan fingerprint density at radius 2 is 2.25 bits per heavy atom. The van der Waals surface area contributed by atoms with Crippen LogP contribution >= 0.6 is 11.3 Å². The van der Waals surface area contributed by atoms with Gasteiger partial charge in [-0.15, -0.1) is 11.3 Å². The maximum Gasteiger partial charge on any atom is 0.390 e. The molecule has 1 atom stereocenters. The first-order valence-corrected chi connectivity index (χ1v) is 4.08. The van der Waals surface area contributed by atoms with E-state index in [1.807, 2.05) is 0 Å². The van der Waals surface area contributed by atoms with Crippen LogP contribution < -0.4 is 5.73 Å². The Hall–Kier alpha value is -0.620. The Bertz CT molecular complexity index is 231. The number of nitrogens with two attached hydrogens (primary N) is 1. The van der Waals surface area contributed by atoms with Crippen LogP contribution in [0.25, 0.3) is 0 Å². The van der Waals surface area contributed by atoms with Crippen LogP contribution in [0.2, 0.25) is 0 Å². The molecule has 0 aromatic carbocycles. The van der Waals surface area contributed by atoms with Crippen molar-refractivity contribution in [3.8, 4) is 0 Å². The first kappa shape index (κ1) is 9.47. The highest BCUT2D eigenvalue weighted by atomic mass is 32.1. The summed E-state index contributed by atoms with van der Waals surface area (Å²) >= 11 is 1.14. The lowest BCUT2D eigenvalue weighted by Crippen LogP contribution is -2.19. The summed E-state index contributed by atoms with van der Waals surface area (Å²) in [5, 5.41) is 0. The van der Waals surface area contributed by atoms with E-state index in [2.05, 4.69) is 4.98 Å². The van der Waals surface area contributed by atoms with E-state index >= 15 is 0 Å². The average Bonchev–Trinajstić information content (AvgIpc) is 2.32. The molecule has 1 heterocycles. The summed E-state index contributed by atoms with van der Waals surface area (Å²) in [5.41, 5.74) is 6.74. The number of rotatable bonds is 2. The van der Waals surface area contributed by atoms with Crippen molar-refractivity contribution in [3.05, 3.63) is 16.6 Å². The molecule has 0 radical (unpaired) electrons. The minimum atomic E-state index is -4.20. The lowest BCUT2D eigenvalue weighted by Gasteiger charge is -2.11. The summed E-state index contributed by atoms with van der Waals surface area (Å²) in [6.07, 6.45) is -3.83. The van der Waals surface area contributed by atoms with Crippen LogP contribution in [0.1, 0.15) is 17.3 Å². The number of aromatic nitrogens is 1. The van der Waals surface area contributed by atoms with E-state index < -0.39 is 18.6 Å². The van der Waals surface area contributed by atoms with E-state index in [1.54, 1.807) is 0 Å². The fourth-order valence-corrected chi connectivity index (χ4v) is 1.38. The molecule has 1 aromatic heterocycles. The molecule has 0 aliphatic carbocycles. The Labute approximate surface area is 71.2 Å². The highest BCUT2D eigenvalue weighted by Crippen LogP contribution is 2.28. The quantitative estimate of drug-likeness (QED) is 0.786. The van der Waals surface area contributed by atoms with Crippen LogP contribution in [0.5, 0.6) is 0 Å². The molecule has 0 amide bonds. The first-order valence-electron chi connectivity index (χ1n) is 3.20. The normalized spacial score (nSPS) is 14.7. The summed E-state index contributed by atoms with van der Waals surface area (Å²) in [6.45, 7) is 0. The van der Waals surface area contributed by atoms with Crippen LogP contribution in [-0.2, 0) is 0 Å². The molecule has 1 rings (SSSR count). The van der Waals surface area contributed by atoms with Gasteiger partial charge in [-0.05, 0) is 0 Å². The number of nitrogens with zero attached hydrogens (tertiary/aromatic N) is 1. The average molecular weight is 196 g/mol. The van der Waals surface area contributed by atoms with Crippen LogP contribution in [0.15, 0.2) is 11.7 Å². The van der Waals surface area contributed by atoms with Gasteiger partial charge in [0.2, 0.25) is 0 Å². The monoisotopic (exact) mass is 196 g/mol. The third kappa shape index (κ3) is 2.78. The van der Waals surface area contributed by atoms with Crippen molar-refractivity contribution in [3.63, 3.8) is 0 Å². The summed E-state index contributed by atoms with van der Waals surface area (Å²) in [6, 6.07) is -0.975. The molecule has 0 bridgehead atoms. The molecule has 0 spiro atoms. The molecule has 0 unspecified atom stereocenters. The van der Waals surface area contributed by atoms with Gasteiger partial charge in [-0.25, -0.2) is 0 Å². The van der Waals surface area contributed by atoms with E-state index in [1.165, 1.54) is 11.7 Å². The Morgan fingerprint density at radius 3 is 2.67 bits per heavy atom. The maximum atomic E-state index is 11.8. The zero-order valence-corrected chi connectivity index (χ0v) is 6.82. The molecule has 2 N–H and O–H groups in total. The van der Waals surface area contributed by atoms with Gasteiger partial charge in [0.1, 0.15) is 0 Å². The third-order valence-electron chi connectivity index (χ3n) is 1.27. The van der Waals surface area contributed by atoms with E-state index in [0.717, 1.165) is 11.3 Å². The maximum absolute atomic E-state index is 11.8. The van der Waals surface area contributed by atoms with Gasteiger partial charge in [0.05, 0.1) is 11.9 Å². The van der Waals surface area contributed by atoms with Gasteiger partial charge in [-0.3, -0.25) is 4.98 Å². The van der Waals surface area contributed by atoms with E-state index in [0.29, 0.717) is 4.88 Å². The van der Waals surface area contributed by atoms with Gasteiger partial charge in [0, 0.05) is 17.1 Å². The van der Waals surface area contributed by atoms with Crippen molar-refractivity contribution >= 4 is 11.3 Å². The number of hydrogen-bond donors (Lipinski definition) is 1. The third-order valence-corrected chi connectivity index (χ3v) is 2.18. The van der Waals surface area contributed by atoms with Crippen LogP contribution in [0.4, 0.5) is 13.2 Å². The van der Waals surface area contributed by atoms with E-state index in [9.17, 15) is 13.2 Å². The molecule has 6 heteroatoms. The van der Waals surface area contributed by atoms with Gasteiger partial charge in [-0.1, -0.05) is 0 Å². The lowest BCUT2D eigenvalue weighted by atomic mass is 10.2. The van der Waals surface area contributed by atoms with Gasteiger partial charge < -0.3 is 5.73 Å². The minimum absolute atomic E-state index is 0.465. The second-order valence-electron chi connectivity index (χ2n) is 2.33. The van der Waals surface area contributed by atoms with Crippen LogP contribution in [0.3, 0.4) is 0 Å². The molecule has 0 aliphatic heterocycles. The standard InChI is InChI=1S/C6H7F3N2S/c7-6(8,9)1-4(10)5-2-11-3-12-5/h2-4H,1,10H2/t4-/m0/s1. The lowest BCUT2D eigenvalue weighted by molar-refractivity contribution is -0.138. The Balaban J connectivity index is 2.56. The van der Waals surface area contributed by atoms with Crippen molar-refractivity contribution < 1.29 is 13.2 Å². The molecular weight excluding hydrogens is 189 g/mol. The number of thiazole rings is 1. The highest BCUT2D eigenvalue weighted by Gasteiger charge is 2.31. The molecule has 0 aliphatic rings. The molecule has 68 valence electrons. The van der Waals surface area contributed by atoms with Gasteiger partial charge in [0.25, 0.3) is 0 Å². The molecule has 0 saturated heterocycles. The molecule has 1 aromatic rings. The fourth-order valence-electron chi connectivity index (χ4n) is 0.759. The second-order valence-corrected chi connectivity index (χ2v) is 3.25. The van der Waals surface area contributed by atoms with Crippen LogP contribution in [-0.4, -0.2) is 11.2 Å². The van der Waals surface area contributed by atoms with Gasteiger partial charge >= 0.3 is 6.18 Å². The SMILES string of the molecule is N[C@@H](CC(F)(F)F)c1cncs1. The van der Waals surface area contributed by atoms with Gasteiger partial charge in [-0.2, -0.15) is 13.2 Å². The first-order chi connectivity index (χ1) is 5.49. The highest BCUT2D eigenvalue weighted by molar-refractivity contribution is 7.09. The molecule has 0 fully saturated rings. The fraction of sp³-hybridized carbons (Fsp3) is 0.500. The van der Waals surface area contributed by atoms with Crippen LogP contribution in [0, 0.1) is 0 Å². The largest absolute Gasteiger partial charge is 0.390 e. The Morgan fingerprint density at radius 1 is 1.58 bits per heavy atom. The topological polar surface area (TPSA) is 38.9 Å². The summed E-state index contributed by atoms with van der Waals surface area (Å²) in [4.78, 5) is 4.11. The summed E-state index contributed by atoms with van der Waals surface area (Å²) in [5.74, 6) is 0. The molecule has 12 heavy (non-hydrogen) atoms. The van der Waals surface area contributed by atoms with Gasteiger partial charge in [0.15, 0.2) is 0 Å². The zero-order valence-electron chi connectivity index (χ0n) is 6.01. The minimum Gasteiger partial charge on any atom is -0.323 e. The number of halogens is 3.